The van der Waals surface area contributed by atoms with Crippen molar-refractivity contribution < 1.29 is 4.79 Å². The number of hydrazone groups is 1. The number of nitrogens with zero attached hydrogens (tertiary/aromatic N) is 3. The van der Waals surface area contributed by atoms with Gasteiger partial charge in [-0.3, -0.25) is 9.78 Å². The van der Waals surface area contributed by atoms with E-state index in [1.54, 1.807) is 30.5 Å². The second-order valence-electron chi connectivity index (χ2n) is 5.11. The molecule has 0 spiro atoms. The highest BCUT2D eigenvalue weighted by Gasteiger charge is 2.32. The lowest BCUT2D eigenvalue weighted by molar-refractivity contribution is 0.0711. The normalized spacial score (nSPS) is 17.5. The largest absolute Gasteiger partial charge is 0.276 e. The van der Waals surface area contributed by atoms with Crippen LogP contribution in [0, 0.1) is 0 Å². The highest BCUT2D eigenvalue weighted by atomic mass is 35.5. The molecule has 112 valence electrons. The quantitative estimate of drug-likeness (QED) is 0.819. The van der Waals surface area contributed by atoms with Gasteiger partial charge in [0, 0.05) is 34.6 Å². The summed E-state index contributed by atoms with van der Waals surface area (Å²) in [4.78, 5) is 16.6. The average Bonchev–Trinajstić information content (AvgIpc) is 2.89. The predicted octanol–water partition coefficient (Wildman–Crippen LogP) is 4.35. The van der Waals surface area contributed by atoms with E-state index in [1.807, 2.05) is 13.0 Å². The van der Waals surface area contributed by atoms with Gasteiger partial charge in [-0.05, 0) is 36.8 Å². The summed E-state index contributed by atoms with van der Waals surface area (Å²) in [6, 6.07) is 8.51. The summed E-state index contributed by atoms with van der Waals surface area (Å²) in [5.74, 6) is -0.194. The van der Waals surface area contributed by atoms with Crippen LogP contribution in [0.2, 0.25) is 10.0 Å². The molecule has 1 amide bonds. The van der Waals surface area contributed by atoms with Crippen LogP contribution in [-0.4, -0.2) is 21.6 Å². The molecule has 2 aromatic rings. The number of carbonyl (C=O) groups is 1. The second kappa shape index (κ2) is 6.07. The molecule has 0 bridgehead atoms. The first-order valence-electron chi connectivity index (χ1n) is 6.79. The number of aromatic nitrogens is 1. The highest BCUT2D eigenvalue weighted by Crippen LogP contribution is 2.36. The lowest BCUT2D eigenvalue weighted by atomic mass is 10.0. The van der Waals surface area contributed by atoms with E-state index in [1.165, 1.54) is 11.2 Å². The van der Waals surface area contributed by atoms with Crippen molar-refractivity contribution >= 4 is 34.8 Å². The van der Waals surface area contributed by atoms with Gasteiger partial charge >= 0.3 is 0 Å². The van der Waals surface area contributed by atoms with Crippen LogP contribution in [0.1, 0.15) is 35.3 Å². The Morgan fingerprint density at radius 3 is 2.82 bits per heavy atom. The van der Waals surface area contributed by atoms with Crippen molar-refractivity contribution in [3.05, 3.63) is 63.9 Å². The van der Waals surface area contributed by atoms with E-state index in [4.69, 9.17) is 23.2 Å². The van der Waals surface area contributed by atoms with Crippen molar-refractivity contribution in [1.29, 1.82) is 0 Å². The van der Waals surface area contributed by atoms with E-state index in [0.29, 0.717) is 22.0 Å². The van der Waals surface area contributed by atoms with Crippen LogP contribution in [0.15, 0.2) is 47.8 Å². The Morgan fingerprint density at radius 2 is 2.14 bits per heavy atom. The number of halogens is 2. The van der Waals surface area contributed by atoms with Gasteiger partial charge < -0.3 is 0 Å². The maximum Gasteiger partial charge on any atom is 0.276 e. The molecule has 1 unspecified atom stereocenters. The average molecular weight is 334 g/mol. The minimum Gasteiger partial charge on any atom is -0.267 e. The molecule has 0 fully saturated rings. The molecule has 0 saturated heterocycles. The summed E-state index contributed by atoms with van der Waals surface area (Å²) in [7, 11) is 0. The van der Waals surface area contributed by atoms with Gasteiger partial charge in [-0.1, -0.05) is 29.3 Å². The van der Waals surface area contributed by atoms with Crippen LogP contribution in [0.3, 0.4) is 0 Å². The van der Waals surface area contributed by atoms with Gasteiger partial charge in [0.05, 0.1) is 11.6 Å². The van der Waals surface area contributed by atoms with Gasteiger partial charge in [-0.25, -0.2) is 5.01 Å². The zero-order valence-electron chi connectivity index (χ0n) is 11.8. The molecule has 22 heavy (non-hydrogen) atoms. The Balaban J connectivity index is 1.96. The van der Waals surface area contributed by atoms with Crippen molar-refractivity contribution in [2.45, 2.75) is 19.4 Å². The first-order chi connectivity index (χ1) is 10.6. The molecule has 1 aliphatic rings. The smallest absolute Gasteiger partial charge is 0.267 e. The van der Waals surface area contributed by atoms with Gasteiger partial charge in [-0.2, -0.15) is 5.10 Å². The van der Waals surface area contributed by atoms with E-state index >= 15 is 0 Å². The van der Waals surface area contributed by atoms with E-state index in [9.17, 15) is 4.79 Å². The Kier molecular flexibility index (Phi) is 4.14. The van der Waals surface area contributed by atoms with E-state index < -0.39 is 0 Å². The molecule has 1 atom stereocenters. The zero-order valence-corrected chi connectivity index (χ0v) is 13.3. The van der Waals surface area contributed by atoms with E-state index in [-0.39, 0.29) is 11.9 Å². The van der Waals surface area contributed by atoms with Gasteiger partial charge in [0.15, 0.2) is 0 Å². The highest BCUT2D eigenvalue weighted by molar-refractivity contribution is 6.35. The molecule has 4 nitrogen and oxygen atoms in total. The Bertz CT molecular complexity index is 746. The van der Waals surface area contributed by atoms with Crippen molar-refractivity contribution in [2.24, 2.45) is 5.10 Å². The molecular weight excluding hydrogens is 321 g/mol. The molecule has 3 rings (SSSR count). The SMILES string of the molecule is CC1=NN(C(=O)c2cccnc2)C(c2ccc(Cl)cc2Cl)C1. The molecule has 0 radical (unpaired) electrons. The molecule has 0 N–H and O–H groups in total. The molecule has 2 heterocycles. The fraction of sp³-hybridized carbons (Fsp3) is 0.188. The molecule has 1 aromatic carbocycles. The number of amides is 1. The Hall–Kier alpha value is -1.91. The van der Waals surface area contributed by atoms with Crippen molar-refractivity contribution in [3.63, 3.8) is 0 Å². The van der Waals surface area contributed by atoms with Crippen molar-refractivity contribution in [2.75, 3.05) is 0 Å². The predicted molar refractivity (Wildman–Crippen MR) is 87.3 cm³/mol. The maximum absolute atomic E-state index is 12.7. The number of benzene rings is 1. The third-order valence-corrected chi connectivity index (χ3v) is 4.06. The summed E-state index contributed by atoms with van der Waals surface area (Å²) in [6.07, 6.45) is 3.81. The van der Waals surface area contributed by atoms with Crippen molar-refractivity contribution in [3.8, 4) is 0 Å². The Morgan fingerprint density at radius 1 is 1.32 bits per heavy atom. The summed E-state index contributed by atoms with van der Waals surface area (Å²) in [5, 5.41) is 6.94. The second-order valence-corrected chi connectivity index (χ2v) is 5.96. The van der Waals surface area contributed by atoms with Crippen LogP contribution in [0.25, 0.3) is 0 Å². The number of hydrogen-bond donors (Lipinski definition) is 0. The minimum atomic E-state index is -0.225. The molecule has 1 aromatic heterocycles. The summed E-state index contributed by atoms with van der Waals surface area (Å²) >= 11 is 12.2. The summed E-state index contributed by atoms with van der Waals surface area (Å²) < 4.78 is 0. The van der Waals surface area contributed by atoms with Gasteiger partial charge in [-0.15, -0.1) is 0 Å². The lowest BCUT2D eigenvalue weighted by Gasteiger charge is -2.23. The van der Waals surface area contributed by atoms with Gasteiger partial charge in [0.1, 0.15) is 0 Å². The van der Waals surface area contributed by atoms with Gasteiger partial charge in [0.2, 0.25) is 0 Å². The standard InChI is InChI=1S/C16H13Cl2N3O/c1-10-7-15(13-5-4-12(17)8-14(13)18)21(20-10)16(22)11-3-2-6-19-9-11/h2-6,8-9,15H,7H2,1H3. The van der Waals surface area contributed by atoms with Crippen LogP contribution >= 0.6 is 23.2 Å². The lowest BCUT2D eigenvalue weighted by Crippen LogP contribution is -2.27. The monoisotopic (exact) mass is 333 g/mol. The van der Waals surface area contributed by atoms with Gasteiger partial charge in [0.25, 0.3) is 5.91 Å². The summed E-state index contributed by atoms with van der Waals surface area (Å²) in [5.41, 5.74) is 2.22. The first-order valence-corrected chi connectivity index (χ1v) is 7.54. The molecule has 6 heteroatoms. The number of rotatable bonds is 2. The van der Waals surface area contributed by atoms with Crippen LogP contribution < -0.4 is 0 Å². The Labute approximate surface area is 138 Å². The number of pyridine rings is 1. The maximum atomic E-state index is 12.7. The number of carbonyl (C=O) groups excluding carboxylic acids is 1. The van der Waals surface area contributed by atoms with Crippen LogP contribution in [0.4, 0.5) is 0 Å². The van der Waals surface area contributed by atoms with E-state index in [0.717, 1.165) is 11.3 Å². The molecule has 0 saturated carbocycles. The molecule has 0 aliphatic carbocycles. The summed E-state index contributed by atoms with van der Waals surface area (Å²) in [6.45, 7) is 1.90. The third kappa shape index (κ3) is 2.85. The molecule has 1 aliphatic heterocycles. The van der Waals surface area contributed by atoms with Crippen LogP contribution in [0.5, 0.6) is 0 Å². The zero-order chi connectivity index (χ0) is 15.7. The van der Waals surface area contributed by atoms with Crippen LogP contribution in [-0.2, 0) is 0 Å². The van der Waals surface area contributed by atoms with Crippen molar-refractivity contribution in [1.82, 2.24) is 9.99 Å². The third-order valence-electron chi connectivity index (χ3n) is 3.50. The van der Waals surface area contributed by atoms with E-state index in [2.05, 4.69) is 10.1 Å². The molecular formula is C16H13Cl2N3O. The first kappa shape index (κ1) is 15.0. The fourth-order valence-electron chi connectivity index (χ4n) is 2.48. The minimum absolute atomic E-state index is 0.194. The fourth-order valence-corrected chi connectivity index (χ4v) is 3.02. The number of hydrogen-bond acceptors (Lipinski definition) is 3. The topological polar surface area (TPSA) is 45.6 Å².